The van der Waals surface area contributed by atoms with Gasteiger partial charge in [-0.1, -0.05) is 6.07 Å². The van der Waals surface area contributed by atoms with E-state index in [9.17, 15) is 9.59 Å². The summed E-state index contributed by atoms with van der Waals surface area (Å²) in [7, 11) is 0. The van der Waals surface area contributed by atoms with Crippen molar-refractivity contribution in [2.75, 3.05) is 31.5 Å². The maximum Gasteiger partial charge on any atom is 0.314 e. The molecule has 0 radical (unpaired) electrons. The van der Waals surface area contributed by atoms with Crippen LogP contribution in [0.1, 0.15) is 25.7 Å². The number of carbonyl (C=O) groups is 2. The smallest absolute Gasteiger partial charge is 0.314 e. The molecule has 0 saturated carbocycles. The van der Waals surface area contributed by atoms with Crippen LogP contribution in [-0.2, 0) is 4.79 Å². The summed E-state index contributed by atoms with van der Waals surface area (Å²) in [5.74, 6) is 0.940. The van der Waals surface area contributed by atoms with Gasteiger partial charge in [-0.2, -0.15) is 0 Å². The Morgan fingerprint density at radius 3 is 2.58 bits per heavy atom. The summed E-state index contributed by atoms with van der Waals surface area (Å²) < 4.78 is 0. The number of primary amides is 1. The van der Waals surface area contributed by atoms with Crippen molar-refractivity contribution in [2.45, 2.75) is 31.7 Å². The van der Waals surface area contributed by atoms with Gasteiger partial charge in [-0.15, -0.1) is 0 Å². The molecule has 7 heteroatoms. The first-order chi connectivity index (χ1) is 11.6. The second-order valence-electron chi connectivity index (χ2n) is 6.58. The van der Waals surface area contributed by atoms with Crippen LogP contribution in [0, 0.1) is 5.92 Å². The van der Waals surface area contributed by atoms with Gasteiger partial charge in [0.25, 0.3) is 0 Å². The molecule has 0 spiro atoms. The first-order valence-corrected chi connectivity index (χ1v) is 8.64. The Balaban J connectivity index is 1.49. The maximum absolute atomic E-state index is 12.7. The minimum absolute atomic E-state index is 0.105. The van der Waals surface area contributed by atoms with Crippen molar-refractivity contribution in [1.82, 2.24) is 14.8 Å². The number of likely N-dealkylation sites (tertiary alicyclic amines) is 2. The molecule has 24 heavy (non-hydrogen) atoms. The summed E-state index contributed by atoms with van der Waals surface area (Å²) in [6.45, 7) is 2.61. The number of amides is 3. The van der Waals surface area contributed by atoms with Crippen molar-refractivity contribution in [3.05, 3.63) is 24.4 Å². The summed E-state index contributed by atoms with van der Waals surface area (Å²) in [6, 6.07) is 5.73. The number of hydrogen-bond acceptors (Lipinski definition) is 4. The number of pyridine rings is 1. The highest BCUT2D eigenvalue weighted by molar-refractivity contribution is 5.80. The van der Waals surface area contributed by atoms with Crippen molar-refractivity contribution in [1.29, 1.82) is 0 Å². The molecule has 1 aromatic heterocycles. The van der Waals surface area contributed by atoms with E-state index in [0.717, 1.165) is 44.6 Å². The molecule has 2 saturated heterocycles. The van der Waals surface area contributed by atoms with E-state index in [1.54, 1.807) is 11.1 Å². The maximum atomic E-state index is 12.7. The summed E-state index contributed by atoms with van der Waals surface area (Å²) in [4.78, 5) is 31.8. The molecule has 1 aromatic rings. The van der Waals surface area contributed by atoms with Gasteiger partial charge < -0.3 is 20.9 Å². The topological polar surface area (TPSA) is 91.6 Å². The van der Waals surface area contributed by atoms with Crippen LogP contribution in [-0.4, -0.2) is 58.9 Å². The van der Waals surface area contributed by atoms with Crippen LogP contribution in [0.25, 0.3) is 0 Å². The highest BCUT2D eigenvalue weighted by atomic mass is 16.2. The normalized spacial score (nSPS) is 22.2. The van der Waals surface area contributed by atoms with Crippen LogP contribution >= 0.6 is 0 Å². The molecular weight excluding hydrogens is 306 g/mol. The van der Waals surface area contributed by atoms with E-state index < -0.39 is 6.03 Å². The SMILES string of the molecule is NC(=O)N1CCC[C@@H](C(=O)N2CCC(Nc3ccccn3)CC2)C1. The van der Waals surface area contributed by atoms with Gasteiger partial charge in [0.2, 0.25) is 5.91 Å². The Hall–Kier alpha value is -2.31. The summed E-state index contributed by atoms with van der Waals surface area (Å²) in [6.07, 6.45) is 5.28. The molecule has 130 valence electrons. The first-order valence-electron chi connectivity index (χ1n) is 8.64. The molecule has 2 aliphatic heterocycles. The van der Waals surface area contributed by atoms with Gasteiger partial charge in [0.1, 0.15) is 5.82 Å². The Kier molecular flexibility index (Phi) is 5.17. The number of rotatable bonds is 3. The number of aromatic nitrogens is 1. The Morgan fingerprint density at radius 2 is 1.92 bits per heavy atom. The van der Waals surface area contributed by atoms with Gasteiger partial charge >= 0.3 is 6.03 Å². The molecule has 7 nitrogen and oxygen atoms in total. The molecule has 0 unspecified atom stereocenters. The third-order valence-electron chi connectivity index (χ3n) is 4.91. The summed E-state index contributed by atoms with van der Waals surface area (Å²) in [5.41, 5.74) is 5.35. The van der Waals surface area contributed by atoms with Gasteiger partial charge in [0.05, 0.1) is 5.92 Å². The largest absolute Gasteiger partial charge is 0.367 e. The fourth-order valence-corrected chi connectivity index (χ4v) is 3.54. The minimum atomic E-state index is -0.425. The quantitative estimate of drug-likeness (QED) is 0.873. The van der Waals surface area contributed by atoms with Crippen LogP contribution in [0.4, 0.5) is 10.6 Å². The summed E-state index contributed by atoms with van der Waals surface area (Å²) in [5, 5.41) is 3.42. The number of anilines is 1. The molecular formula is C17H25N5O2. The van der Waals surface area contributed by atoms with Gasteiger partial charge in [0.15, 0.2) is 0 Å². The van der Waals surface area contributed by atoms with Crippen molar-refractivity contribution in [3.8, 4) is 0 Å². The molecule has 3 heterocycles. The van der Waals surface area contributed by atoms with Gasteiger partial charge in [-0.3, -0.25) is 4.79 Å². The van der Waals surface area contributed by atoms with Crippen molar-refractivity contribution in [3.63, 3.8) is 0 Å². The van der Waals surface area contributed by atoms with Crippen molar-refractivity contribution >= 4 is 17.8 Å². The van der Waals surface area contributed by atoms with Gasteiger partial charge in [-0.25, -0.2) is 9.78 Å². The number of carbonyl (C=O) groups excluding carboxylic acids is 2. The van der Waals surface area contributed by atoms with Gasteiger partial charge in [-0.05, 0) is 37.8 Å². The summed E-state index contributed by atoms with van der Waals surface area (Å²) >= 11 is 0. The van der Waals surface area contributed by atoms with Crippen LogP contribution in [0.2, 0.25) is 0 Å². The predicted octanol–water partition coefficient (Wildman–Crippen LogP) is 1.28. The molecule has 2 aliphatic rings. The molecule has 3 rings (SSSR count). The second-order valence-corrected chi connectivity index (χ2v) is 6.58. The lowest BCUT2D eigenvalue weighted by atomic mass is 9.95. The van der Waals surface area contributed by atoms with E-state index in [1.807, 2.05) is 23.1 Å². The van der Waals surface area contributed by atoms with Crippen LogP contribution in [0.5, 0.6) is 0 Å². The molecule has 3 amide bonds. The minimum Gasteiger partial charge on any atom is -0.367 e. The Labute approximate surface area is 142 Å². The average Bonchev–Trinajstić information content (AvgIpc) is 2.63. The average molecular weight is 331 g/mol. The van der Waals surface area contributed by atoms with Crippen molar-refractivity contribution < 1.29 is 9.59 Å². The lowest BCUT2D eigenvalue weighted by Crippen LogP contribution is -2.50. The third-order valence-corrected chi connectivity index (χ3v) is 4.91. The monoisotopic (exact) mass is 331 g/mol. The molecule has 0 aromatic carbocycles. The predicted molar refractivity (Wildman–Crippen MR) is 91.3 cm³/mol. The second kappa shape index (κ2) is 7.51. The molecule has 0 bridgehead atoms. The fraction of sp³-hybridized carbons (Fsp3) is 0.588. The number of nitrogens with zero attached hydrogens (tertiary/aromatic N) is 3. The van der Waals surface area contributed by atoms with E-state index in [1.165, 1.54) is 0 Å². The fourth-order valence-electron chi connectivity index (χ4n) is 3.54. The van der Waals surface area contributed by atoms with E-state index >= 15 is 0 Å². The van der Waals surface area contributed by atoms with Crippen LogP contribution in [0.15, 0.2) is 24.4 Å². The number of nitrogens with one attached hydrogen (secondary N) is 1. The lowest BCUT2D eigenvalue weighted by Gasteiger charge is -2.37. The first kappa shape index (κ1) is 16.5. The van der Waals surface area contributed by atoms with E-state index in [2.05, 4.69) is 10.3 Å². The Bertz CT molecular complexity index is 572. The van der Waals surface area contributed by atoms with Crippen molar-refractivity contribution in [2.24, 2.45) is 11.7 Å². The molecule has 2 fully saturated rings. The molecule has 0 aliphatic carbocycles. The van der Waals surface area contributed by atoms with Crippen LogP contribution in [0.3, 0.4) is 0 Å². The lowest BCUT2D eigenvalue weighted by molar-refractivity contribution is -0.137. The third kappa shape index (κ3) is 3.96. The van der Waals surface area contributed by atoms with E-state index in [-0.39, 0.29) is 11.8 Å². The molecule has 3 N–H and O–H groups in total. The van der Waals surface area contributed by atoms with Crippen LogP contribution < -0.4 is 11.1 Å². The standard InChI is InChI=1S/C17H25N5O2/c18-17(24)22-9-3-4-13(12-22)16(23)21-10-6-14(7-11-21)20-15-5-1-2-8-19-15/h1-2,5,8,13-14H,3-4,6-7,9-12H2,(H2,18,24)(H,19,20)/t13-/m1/s1. The number of urea groups is 1. The zero-order chi connectivity index (χ0) is 16.9. The number of hydrogen-bond donors (Lipinski definition) is 2. The highest BCUT2D eigenvalue weighted by Gasteiger charge is 2.32. The zero-order valence-corrected chi connectivity index (χ0v) is 13.9. The highest BCUT2D eigenvalue weighted by Crippen LogP contribution is 2.22. The number of nitrogens with two attached hydrogens (primary N) is 1. The zero-order valence-electron chi connectivity index (χ0n) is 13.9. The van der Waals surface area contributed by atoms with E-state index in [4.69, 9.17) is 5.73 Å². The Morgan fingerprint density at radius 1 is 1.12 bits per heavy atom. The van der Waals surface area contributed by atoms with E-state index in [0.29, 0.717) is 19.1 Å². The van der Waals surface area contributed by atoms with Gasteiger partial charge in [0, 0.05) is 38.4 Å². The molecule has 1 atom stereocenters. The number of piperidine rings is 2.